The van der Waals surface area contributed by atoms with E-state index in [1.807, 2.05) is 0 Å². The Bertz CT molecular complexity index is 763. The number of carbonyl (C=O) groups is 1. The van der Waals surface area contributed by atoms with Gasteiger partial charge in [0.05, 0.1) is 0 Å². The van der Waals surface area contributed by atoms with Crippen LogP contribution in [0.3, 0.4) is 0 Å². The Morgan fingerprint density at radius 2 is 0.854 bits per heavy atom. The van der Waals surface area contributed by atoms with Crippen LogP contribution in [0.2, 0.25) is 0 Å². The molecule has 3 rings (SSSR count). The molecule has 0 unspecified atom stereocenters. The van der Waals surface area contributed by atoms with Gasteiger partial charge in [-0.1, -0.05) is 104 Å². The van der Waals surface area contributed by atoms with E-state index in [2.05, 4.69) is 121 Å². The number of Topliss-reactive ketones (excluding diaryl/α,β-unsaturated/α-hetero) is 1. The lowest BCUT2D eigenvalue weighted by Crippen LogP contribution is -2.48. The van der Waals surface area contributed by atoms with Crippen LogP contribution in [0.4, 0.5) is 0 Å². The van der Waals surface area contributed by atoms with E-state index in [1.54, 1.807) is 0 Å². The van der Waals surface area contributed by atoms with E-state index in [1.165, 1.54) is 51.9 Å². The zero-order valence-corrected chi connectivity index (χ0v) is 31.1. The molecule has 2 aliphatic heterocycles. The summed E-state index contributed by atoms with van der Waals surface area (Å²) in [6.07, 6.45) is 9.20. The van der Waals surface area contributed by atoms with Crippen LogP contribution in [-0.2, 0) is 4.79 Å². The number of carbonyl (C=O) groups excluding carboxylic acids is 1. The van der Waals surface area contributed by atoms with Gasteiger partial charge in [-0.25, -0.2) is 0 Å². The third-order valence-corrected chi connectivity index (χ3v) is 12.9. The minimum absolute atomic E-state index is 0.321. The largest absolute Gasteiger partial charge is 0.317 e. The van der Waals surface area contributed by atoms with Crippen molar-refractivity contribution in [1.82, 2.24) is 10.2 Å². The van der Waals surface area contributed by atoms with Crippen LogP contribution < -0.4 is 5.32 Å². The molecule has 0 bridgehead atoms. The van der Waals surface area contributed by atoms with Crippen molar-refractivity contribution < 1.29 is 4.79 Å². The maximum Gasteiger partial charge on any atom is 0.132 e. The number of nitrogens with one attached hydrogen (secondary N) is 1. The van der Waals surface area contributed by atoms with Crippen molar-refractivity contribution in [1.29, 1.82) is 0 Å². The van der Waals surface area contributed by atoms with Gasteiger partial charge in [-0.15, -0.1) is 0 Å². The van der Waals surface area contributed by atoms with Crippen LogP contribution in [-0.4, -0.2) is 43.9 Å². The molecule has 244 valence electrons. The summed E-state index contributed by atoms with van der Waals surface area (Å²) >= 11 is 0. The molecule has 2 heterocycles. The maximum absolute atomic E-state index is 11.3. The molecule has 2 saturated heterocycles. The van der Waals surface area contributed by atoms with E-state index in [-0.39, 0.29) is 0 Å². The molecule has 41 heavy (non-hydrogen) atoms. The van der Waals surface area contributed by atoms with Crippen molar-refractivity contribution in [3.05, 3.63) is 0 Å². The lowest BCUT2D eigenvalue weighted by molar-refractivity contribution is -0.126. The first kappa shape index (κ1) is 38.6. The first-order valence-electron chi connectivity index (χ1n) is 17.4. The Hall–Kier alpha value is -0.410. The first-order valence-corrected chi connectivity index (χ1v) is 17.4. The lowest BCUT2D eigenvalue weighted by Gasteiger charge is -2.52. The second-order valence-electron chi connectivity index (χ2n) is 18.3. The zero-order valence-electron chi connectivity index (χ0n) is 31.1. The number of nitrogens with zero attached hydrogens (tertiary/aromatic N) is 1. The molecule has 0 spiro atoms. The molecule has 1 aliphatic carbocycles. The number of likely N-dealkylation sites (tertiary alicyclic amines) is 1. The van der Waals surface area contributed by atoms with Gasteiger partial charge in [0.25, 0.3) is 0 Å². The van der Waals surface area contributed by atoms with Crippen LogP contribution >= 0.6 is 0 Å². The fourth-order valence-corrected chi connectivity index (χ4v) is 9.45. The van der Waals surface area contributed by atoms with Crippen LogP contribution in [0, 0.1) is 50.2 Å². The highest BCUT2D eigenvalue weighted by Gasteiger charge is 2.47. The molecule has 1 N–H and O–H groups in total. The van der Waals surface area contributed by atoms with Crippen LogP contribution in [0.5, 0.6) is 0 Å². The number of hydrogen-bond donors (Lipinski definition) is 1. The summed E-state index contributed by atoms with van der Waals surface area (Å²) in [5.41, 5.74) is 2.70. The monoisotopic (exact) mass is 577 g/mol. The first-order chi connectivity index (χ1) is 18.5. The highest BCUT2D eigenvalue weighted by Crippen LogP contribution is 2.54. The summed E-state index contributed by atoms with van der Waals surface area (Å²) in [7, 11) is 2.24. The molecule has 3 nitrogen and oxygen atoms in total. The van der Waals surface area contributed by atoms with Crippen molar-refractivity contribution in [3.8, 4) is 0 Å². The molecular weight excluding hydrogens is 500 g/mol. The van der Waals surface area contributed by atoms with Crippen LogP contribution in [0.15, 0.2) is 0 Å². The summed E-state index contributed by atoms with van der Waals surface area (Å²) in [6, 6.07) is 0. The quantitative estimate of drug-likeness (QED) is 0.363. The van der Waals surface area contributed by atoms with Crippen LogP contribution in [0.1, 0.15) is 155 Å². The molecule has 0 aromatic rings. The van der Waals surface area contributed by atoms with Gasteiger partial charge in [0.1, 0.15) is 5.78 Å². The van der Waals surface area contributed by atoms with E-state index in [9.17, 15) is 4.79 Å². The molecule has 0 radical (unpaired) electrons. The summed E-state index contributed by atoms with van der Waals surface area (Å²) in [5.74, 6) is 2.74. The Kier molecular flexibility index (Phi) is 13.7. The second kappa shape index (κ2) is 14.6. The van der Waals surface area contributed by atoms with Gasteiger partial charge in [-0.3, -0.25) is 4.79 Å². The lowest BCUT2D eigenvalue weighted by atomic mass is 9.54. The minimum atomic E-state index is 0.321. The Morgan fingerprint density at radius 1 is 0.561 bits per heavy atom. The highest BCUT2D eigenvalue weighted by atomic mass is 16.1. The third-order valence-electron chi connectivity index (χ3n) is 12.9. The maximum atomic E-state index is 11.3. The van der Waals surface area contributed by atoms with Crippen molar-refractivity contribution in [3.63, 3.8) is 0 Å². The second-order valence-corrected chi connectivity index (χ2v) is 18.3. The van der Waals surface area contributed by atoms with Gasteiger partial charge in [0.2, 0.25) is 0 Å². The normalized spacial score (nSPS) is 23.5. The number of rotatable bonds is 3. The van der Waals surface area contributed by atoms with E-state index in [4.69, 9.17) is 0 Å². The molecule has 0 aromatic heterocycles. The fourth-order valence-electron chi connectivity index (χ4n) is 9.45. The van der Waals surface area contributed by atoms with Gasteiger partial charge < -0.3 is 10.2 Å². The SMILES string of the molecule is CC(C)C1(C(C)(C)C)CCC(=O)CC1.CC(C)C1(C(C)(C)C)CCN(C)CC1.CC(C)C1(C(C)(C)C)CCNCC1. The van der Waals surface area contributed by atoms with Crippen molar-refractivity contribution in [2.75, 3.05) is 33.2 Å². The average molecular weight is 577 g/mol. The van der Waals surface area contributed by atoms with Gasteiger partial charge in [-0.05, 0) is 122 Å². The molecule has 1 saturated carbocycles. The standard InChI is InChI=1S/C13H27N.C13H24O.C12H25N/c1-11(2)13(12(3,4)5)7-9-14(6)10-8-13;1-10(2)13(12(3,4)5)8-6-11(14)7-9-13;1-10(2)12(11(3,4)5)6-8-13-9-7-12/h11H,7-10H2,1-6H3;10H,6-9H2,1-5H3;10,13H,6-9H2,1-5H3. The summed E-state index contributed by atoms with van der Waals surface area (Å²) in [6.45, 7) is 40.6. The van der Waals surface area contributed by atoms with Crippen molar-refractivity contribution in [2.24, 2.45) is 50.2 Å². The Labute approximate surface area is 259 Å². The Balaban J connectivity index is 0.000000308. The summed E-state index contributed by atoms with van der Waals surface area (Å²) in [4.78, 5) is 13.8. The van der Waals surface area contributed by atoms with Crippen molar-refractivity contribution >= 4 is 5.78 Å². The topological polar surface area (TPSA) is 32.3 Å². The smallest absolute Gasteiger partial charge is 0.132 e. The minimum Gasteiger partial charge on any atom is -0.317 e. The van der Waals surface area contributed by atoms with Gasteiger partial charge >= 0.3 is 0 Å². The molecule has 0 amide bonds. The van der Waals surface area contributed by atoms with E-state index in [0.29, 0.717) is 44.2 Å². The highest BCUT2D eigenvalue weighted by molar-refractivity contribution is 5.79. The fraction of sp³-hybridized carbons (Fsp3) is 0.974. The summed E-state index contributed by atoms with van der Waals surface area (Å²) < 4.78 is 0. The molecular formula is C38H76N2O. The predicted octanol–water partition coefficient (Wildman–Crippen LogP) is 10.3. The van der Waals surface area contributed by atoms with E-state index >= 15 is 0 Å². The van der Waals surface area contributed by atoms with Crippen molar-refractivity contribution in [2.45, 2.75) is 155 Å². The Morgan fingerprint density at radius 3 is 1.12 bits per heavy atom. The average Bonchev–Trinajstić information content (AvgIpc) is 2.84. The molecule has 0 aromatic carbocycles. The number of hydrogen-bond acceptors (Lipinski definition) is 3. The zero-order chi connectivity index (χ0) is 32.1. The van der Waals surface area contributed by atoms with Gasteiger partial charge in [0.15, 0.2) is 0 Å². The predicted molar refractivity (Wildman–Crippen MR) is 182 cm³/mol. The summed E-state index contributed by atoms with van der Waals surface area (Å²) in [5, 5.41) is 3.47. The van der Waals surface area contributed by atoms with Gasteiger partial charge in [-0.2, -0.15) is 0 Å². The van der Waals surface area contributed by atoms with Crippen LogP contribution in [0.25, 0.3) is 0 Å². The molecule has 3 fully saturated rings. The third kappa shape index (κ3) is 9.06. The van der Waals surface area contributed by atoms with E-state index in [0.717, 1.165) is 37.5 Å². The van der Waals surface area contributed by atoms with Gasteiger partial charge in [0, 0.05) is 12.8 Å². The van der Waals surface area contributed by atoms with E-state index < -0.39 is 0 Å². The molecule has 3 aliphatic rings. The number of ketones is 1. The molecule has 3 heteroatoms. The number of piperidine rings is 2. The molecule has 0 atom stereocenters.